The first-order chi connectivity index (χ1) is 4.50. The molecule has 0 atom stereocenters. The van der Waals surface area contributed by atoms with Gasteiger partial charge < -0.3 is 16.2 Å². The number of carbonyl (C=O) groups is 2. The van der Waals surface area contributed by atoms with Gasteiger partial charge in [-0.1, -0.05) is 0 Å². The molecule has 0 bridgehead atoms. The van der Waals surface area contributed by atoms with Gasteiger partial charge in [0.2, 0.25) is 5.91 Å². The van der Waals surface area contributed by atoms with E-state index in [0.29, 0.717) is 0 Å². The maximum absolute atomic E-state index is 9.76. The molecule has 0 spiro atoms. The fourth-order valence-corrected chi connectivity index (χ4v) is 0.174. The highest BCUT2D eigenvalue weighted by Gasteiger charge is 1.82. The molecule has 0 aliphatic rings. The van der Waals surface area contributed by atoms with E-state index in [1.807, 2.05) is 0 Å². The first-order valence-corrected chi connectivity index (χ1v) is 2.63. The molecular weight excluding hydrogens is 136 g/mol. The highest BCUT2D eigenvalue weighted by molar-refractivity contribution is 5.75. The van der Waals surface area contributed by atoms with Crippen molar-refractivity contribution < 1.29 is 14.7 Å². The van der Waals surface area contributed by atoms with Gasteiger partial charge in [0.15, 0.2) is 0 Å². The normalized spacial score (nSPS) is 7.40. The average Bonchev–Trinajstić information content (AvgIpc) is 1.62. The molecule has 0 unspecified atom stereocenters. The van der Waals surface area contributed by atoms with Crippen molar-refractivity contribution in [1.29, 1.82) is 0 Å². The fraction of sp³-hybridized carbons (Fsp3) is 0.600. The minimum atomic E-state index is -0.833. The van der Waals surface area contributed by atoms with Crippen molar-refractivity contribution in [3.63, 3.8) is 0 Å². The second-order valence-corrected chi connectivity index (χ2v) is 1.52. The first kappa shape index (κ1) is 11.7. The van der Waals surface area contributed by atoms with Crippen molar-refractivity contribution in [3.8, 4) is 0 Å². The maximum atomic E-state index is 9.76. The zero-order chi connectivity index (χ0) is 8.57. The fourth-order valence-electron chi connectivity index (χ4n) is 0.174. The number of nitrogens with two attached hydrogens (primary N) is 1. The monoisotopic (exact) mass is 148 g/mol. The molecule has 0 aliphatic carbocycles. The number of amides is 1. The summed E-state index contributed by atoms with van der Waals surface area (Å²) in [5.41, 5.74) is 4.70. The minimum Gasteiger partial charge on any atom is -0.481 e. The molecule has 0 aromatic heterocycles. The summed E-state index contributed by atoms with van der Waals surface area (Å²) in [5.74, 6) is -1.16. The second-order valence-electron chi connectivity index (χ2n) is 1.52. The lowest BCUT2D eigenvalue weighted by atomic mass is 10.6. The molecule has 5 nitrogen and oxygen atoms in total. The number of likely N-dealkylation sites (N-methyl/N-ethyl adjacent to an activating group) is 1. The number of carboxylic acid groups (broad SMARTS) is 1. The Labute approximate surface area is 59.2 Å². The van der Waals surface area contributed by atoms with Crippen LogP contribution in [0, 0.1) is 0 Å². The van der Waals surface area contributed by atoms with Crippen molar-refractivity contribution >= 4 is 11.9 Å². The Hall–Kier alpha value is -1.10. The highest BCUT2D eigenvalue weighted by Crippen LogP contribution is 1.45. The summed E-state index contributed by atoms with van der Waals surface area (Å²) in [6.45, 7) is 1.35. The van der Waals surface area contributed by atoms with Crippen LogP contribution in [0.15, 0.2) is 0 Å². The molecule has 0 heterocycles. The van der Waals surface area contributed by atoms with Gasteiger partial charge in [-0.05, 0) is 7.05 Å². The van der Waals surface area contributed by atoms with E-state index in [2.05, 4.69) is 5.32 Å². The molecule has 0 aromatic carbocycles. The van der Waals surface area contributed by atoms with Crippen LogP contribution in [-0.4, -0.2) is 30.6 Å². The minimum absolute atomic E-state index is 0.264. The Kier molecular flexibility index (Phi) is 9.22. The molecule has 0 aromatic rings. The zero-order valence-corrected chi connectivity index (χ0v) is 6.05. The van der Waals surface area contributed by atoms with Gasteiger partial charge in [0.05, 0.1) is 6.54 Å². The van der Waals surface area contributed by atoms with Gasteiger partial charge in [0, 0.05) is 6.92 Å². The summed E-state index contributed by atoms with van der Waals surface area (Å²) in [7, 11) is 1.67. The van der Waals surface area contributed by atoms with Crippen LogP contribution in [0.2, 0.25) is 0 Å². The Bertz CT molecular complexity index is 109. The summed E-state index contributed by atoms with van der Waals surface area (Å²) in [5, 5.41) is 10.0. The molecule has 1 amide bonds. The van der Waals surface area contributed by atoms with E-state index < -0.39 is 5.97 Å². The summed E-state index contributed by atoms with van der Waals surface area (Å²) < 4.78 is 0. The third-order valence-electron chi connectivity index (χ3n) is 0.351. The summed E-state index contributed by atoms with van der Waals surface area (Å²) in [6, 6.07) is 0. The zero-order valence-electron chi connectivity index (χ0n) is 6.05. The average molecular weight is 148 g/mol. The number of aliphatic carboxylic acids is 1. The van der Waals surface area contributed by atoms with Crippen LogP contribution in [-0.2, 0) is 9.59 Å². The number of carboxylic acids is 1. The van der Waals surface area contributed by atoms with Crippen molar-refractivity contribution in [2.24, 2.45) is 5.73 Å². The van der Waals surface area contributed by atoms with E-state index in [0.717, 1.165) is 6.92 Å². The molecule has 60 valence electrons. The number of hydrogen-bond acceptors (Lipinski definition) is 3. The number of primary amides is 1. The third-order valence-corrected chi connectivity index (χ3v) is 0.351. The standard InChI is InChI=1S/C3H8N2O.C2H4O2/c1-5-2-3(4)6;1-2(3)4/h5H,2H2,1H3,(H2,4,6);1H3,(H,3,4). The van der Waals surface area contributed by atoms with Gasteiger partial charge in [-0.3, -0.25) is 9.59 Å². The molecule has 5 heteroatoms. The molecule has 4 N–H and O–H groups in total. The lowest BCUT2D eigenvalue weighted by molar-refractivity contribution is -0.134. The van der Waals surface area contributed by atoms with Gasteiger partial charge in [-0.15, -0.1) is 0 Å². The van der Waals surface area contributed by atoms with Crippen molar-refractivity contribution in [3.05, 3.63) is 0 Å². The Balaban J connectivity index is 0. The number of hydrogen-bond donors (Lipinski definition) is 3. The van der Waals surface area contributed by atoms with E-state index in [-0.39, 0.29) is 12.5 Å². The maximum Gasteiger partial charge on any atom is 0.300 e. The van der Waals surface area contributed by atoms with Crippen molar-refractivity contribution in [2.45, 2.75) is 6.92 Å². The first-order valence-electron chi connectivity index (χ1n) is 2.63. The van der Waals surface area contributed by atoms with Gasteiger partial charge in [-0.25, -0.2) is 0 Å². The largest absolute Gasteiger partial charge is 0.481 e. The van der Waals surface area contributed by atoms with E-state index in [9.17, 15) is 4.79 Å². The van der Waals surface area contributed by atoms with Crippen LogP contribution in [0.4, 0.5) is 0 Å². The summed E-state index contributed by atoms with van der Waals surface area (Å²) in [6.07, 6.45) is 0. The summed E-state index contributed by atoms with van der Waals surface area (Å²) in [4.78, 5) is 18.8. The Morgan fingerprint density at radius 2 is 1.90 bits per heavy atom. The molecular formula is C5H12N2O3. The predicted molar refractivity (Wildman–Crippen MR) is 36.4 cm³/mol. The SMILES string of the molecule is CC(=O)O.CNCC(N)=O. The van der Waals surface area contributed by atoms with E-state index in [4.69, 9.17) is 15.6 Å². The van der Waals surface area contributed by atoms with E-state index >= 15 is 0 Å². The van der Waals surface area contributed by atoms with Crippen molar-refractivity contribution in [2.75, 3.05) is 13.6 Å². The number of rotatable bonds is 2. The van der Waals surface area contributed by atoms with E-state index in [1.165, 1.54) is 0 Å². The van der Waals surface area contributed by atoms with Gasteiger partial charge >= 0.3 is 0 Å². The van der Waals surface area contributed by atoms with E-state index in [1.54, 1.807) is 7.05 Å². The molecule has 0 fully saturated rings. The quantitative estimate of drug-likeness (QED) is 0.457. The van der Waals surface area contributed by atoms with Crippen LogP contribution >= 0.6 is 0 Å². The van der Waals surface area contributed by atoms with Gasteiger partial charge in [0.1, 0.15) is 0 Å². The molecule has 0 saturated heterocycles. The van der Waals surface area contributed by atoms with Gasteiger partial charge in [-0.2, -0.15) is 0 Å². The Morgan fingerprint density at radius 3 is 1.90 bits per heavy atom. The lowest BCUT2D eigenvalue weighted by Crippen LogP contribution is -2.25. The van der Waals surface area contributed by atoms with Crippen LogP contribution < -0.4 is 11.1 Å². The van der Waals surface area contributed by atoms with Crippen molar-refractivity contribution in [1.82, 2.24) is 5.32 Å². The third kappa shape index (κ3) is 66.5. The number of carbonyl (C=O) groups excluding carboxylic acids is 1. The topological polar surface area (TPSA) is 92.4 Å². The van der Waals surface area contributed by atoms with Crippen LogP contribution in [0.5, 0.6) is 0 Å². The van der Waals surface area contributed by atoms with Gasteiger partial charge in [0.25, 0.3) is 5.97 Å². The summed E-state index contributed by atoms with van der Waals surface area (Å²) >= 11 is 0. The second kappa shape index (κ2) is 7.90. The Morgan fingerprint density at radius 1 is 1.60 bits per heavy atom. The van der Waals surface area contributed by atoms with Crippen LogP contribution in [0.1, 0.15) is 6.92 Å². The highest BCUT2D eigenvalue weighted by atomic mass is 16.4. The van der Waals surface area contributed by atoms with Crippen LogP contribution in [0.25, 0.3) is 0 Å². The molecule has 0 radical (unpaired) electrons. The molecule has 10 heavy (non-hydrogen) atoms. The molecule has 0 rings (SSSR count). The molecule has 0 aliphatic heterocycles. The number of nitrogens with one attached hydrogen (secondary N) is 1. The smallest absolute Gasteiger partial charge is 0.300 e. The predicted octanol–water partition coefficient (Wildman–Crippen LogP) is -1.22. The van der Waals surface area contributed by atoms with Crippen LogP contribution in [0.3, 0.4) is 0 Å². The molecule has 0 saturated carbocycles. The lowest BCUT2D eigenvalue weighted by Gasteiger charge is -1.85.